The summed E-state index contributed by atoms with van der Waals surface area (Å²) < 4.78 is 0. The Morgan fingerprint density at radius 3 is 2.42 bits per heavy atom. The molecule has 1 amide bonds. The summed E-state index contributed by atoms with van der Waals surface area (Å²) in [5.74, 6) is 0.710. The number of hydrogen-bond acceptors (Lipinski definition) is 2. The van der Waals surface area contributed by atoms with E-state index in [0.29, 0.717) is 12.0 Å². The first-order chi connectivity index (χ1) is 11.7. The molecule has 24 heavy (non-hydrogen) atoms. The maximum Gasteiger partial charge on any atom is 0.251 e. The first kappa shape index (κ1) is 15.4. The molecule has 3 heteroatoms. The lowest BCUT2D eigenvalue weighted by molar-refractivity contribution is 0.0620. The fourth-order valence-corrected chi connectivity index (χ4v) is 4.04. The molecule has 0 spiro atoms. The quantitative estimate of drug-likeness (QED) is 0.939. The summed E-state index contributed by atoms with van der Waals surface area (Å²) in [7, 11) is 0. The number of fused-ring (bicyclic) bond motifs is 3. The molecule has 2 aromatic rings. The fraction of sp³-hybridized carbons (Fsp3) is 0.381. The number of nitrogens with zero attached hydrogens (tertiary/aromatic N) is 1. The Balaban J connectivity index is 1.52. The second kappa shape index (κ2) is 6.40. The topological polar surface area (TPSA) is 32.3 Å². The highest BCUT2D eigenvalue weighted by atomic mass is 16.1. The van der Waals surface area contributed by atoms with Crippen LogP contribution in [0.2, 0.25) is 0 Å². The third-order valence-corrected chi connectivity index (χ3v) is 5.45. The number of carbonyl (C=O) groups excluding carboxylic acids is 1. The Kier molecular flexibility index (Phi) is 4.11. The number of carbonyl (C=O) groups is 1. The van der Waals surface area contributed by atoms with Crippen LogP contribution < -0.4 is 5.32 Å². The van der Waals surface area contributed by atoms with Crippen molar-refractivity contribution in [1.29, 1.82) is 0 Å². The smallest absolute Gasteiger partial charge is 0.251 e. The molecule has 3 fully saturated rings. The molecule has 3 nitrogen and oxygen atoms in total. The van der Waals surface area contributed by atoms with Gasteiger partial charge in [0, 0.05) is 18.2 Å². The number of amides is 1. The number of benzene rings is 2. The van der Waals surface area contributed by atoms with Crippen LogP contribution >= 0.6 is 0 Å². The van der Waals surface area contributed by atoms with Gasteiger partial charge in [-0.1, -0.05) is 42.0 Å². The van der Waals surface area contributed by atoms with Crippen molar-refractivity contribution in [3.8, 4) is 11.1 Å². The normalized spacial score (nSPS) is 25.5. The Morgan fingerprint density at radius 2 is 1.75 bits per heavy atom. The van der Waals surface area contributed by atoms with Gasteiger partial charge in [0.25, 0.3) is 5.91 Å². The minimum Gasteiger partial charge on any atom is -0.348 e. The van der Waals surface area contributed by atoms with Crippen LogP contribution in [0, 0.1) is 12.8 Å². The zero-order chi connectivity index (χ0) is 16.5. The summed E-state index contributed by atoms with van der Waals surface area (Å²) in [5, 5.41) is 3.28. The van der Waals surface area contributed by atoms with Crippen LogP contribution in [0.5, 0.6) is 0 Å². The lowest BCUT2D eigenvalue weighted by Crippen LogP contribution is -2.57. The van der Waals surface area contributed by atoms with E-state index in [1.807, 2.05) is 18.2 Å². The van der Waals surface area contributed by atoms with Gasteiger partial charge in [0.2, 0.25) is 0 Å². The molecule has 0 radical (unpaired) electrons. The summed E-state index contributed by atoms with van der Waals surface area (Å²) in [6.07, 6.45) is 2.43. The lowest BCUT2D eigenvalue weighted by atomic mass is 9.84. The monoisotopic (exact) mass is 320 g/mol. The fourth-order valence-electron chi connectivity index (χ4n) is 4.04. The summed E-state index contributed by atoms with van der Waals surface area (Å²) in [6, 6.07) is 16.7. The van der Waals surface area contributed by atoms with Gasteiger partial charge in [-0.25, -0.2) is 0 Å². The molecule has 3 aliphatic rings. The highest BCUT2D eigenvalue weighted by Gasteiger charge is 2.34. The highest BCUT2D eigenvalue weighted by Crippen LogP contribution is 2.28. The van der Waals surface area contributed by atoms with Crippen molar-refractivity contribution in [1.82, 2.24) is 10.2 Å². The molecule has 1 N–H and O–H groups in total. The van der Waals surface area contributed by atoms with Gasteiger partial charge in [-0.3, -0.25) is 4.79 Å². The number of nitrogens with one attached hydrogen (secondary N) is 1. The molecule has 2 aromatic carbocycles. The number of piperidine rings is 3. The number of rotatable bonds is 3. The Hall–Kier alpha value is -2.13. The zero-order valence-corrected chi connectivity index (χ0v) is 14.2. The second-order valence-corrected chi connectivity index (χ2v) is 7.17. The van der Waals surface area contributed by atoms with Crippen molar-refractivity contribution < 1.29 is 4.79 Å². The summed E-state index contributed by atoms with van der Waals surface area (Å²) in [5.41, 5.74) is 4.24. The molecule has 0 saturated carbocycles. The van der Waals surface area contributed by atoms with Gasteiger partial charge in [0.1, 0.15) is 0 Å². The van der Waals surface area contributed by atoms with Crippen LogP contribution in [0.25, 0.3) is 11.1 Å². The summed E-state index contributed by atoms with van der Waals surface area (Å²) >= 11 is 0. The van der Waals surface area contributed by atoms with Crippen molar-refractivity contribution in [3.05, 3.63) is 59.7 Å². The third kappa shape index (κ3) is 3.09. The van der Waals surface area contributed by atoms with Gasteiger partial charge in [-0.2, -0.15) is 0 Å². The van der Waals surface area contributed by atoms with Crippen molar-refractivity contribution in [3.63, 3.8) is 0 Å². The van der Waals surface area contributed by atoms with Crippen molar-refractivity contribution >= 4 is 5.91 Å². The number of hydrogen-bond donors (Lipinski definition) is 1. The van der Waals surface area contributed by atoms with Crippen molar-refractivity contribution in [2.75, 3.05) is 19.6 Å². The highest BCUT2D eigenvalue weighted by molar-refractivity contribution is 5.95. The van der Waals surface area contributed by atoms with E-state index in [-0.39, 0.29) is 5.91 Å². The van der Waals surface area contributed by atoms with E-state index in [4.69, 9.17) is 0 Å². The molecular weight excluding hydrogens is 296 g/mol. The van der Waals surface area contributed by atoms with Gasteiger partial charge in [0.15, 0.2) is 0 Å². The van der Waals surface area contributed by atoms with Crippen LogP contribution in [0.1, 0.15) is 28.8 Å². The van der Waals surface area contributed by atoms with E-state index in [0.717, 1.165) is 23.2 Å². The Bertz CT molecular complexity index is 747. The van der Waals surface area contributed by atoms with Crippen molar-refractivity contribution in [2.45, 2.75) is 25.8 Å². The molecule has 3 heterocycles. The Morgan fingerprint density at radius 1 is 1.04 bits per heavy atom. The molecule has 1 atom stereocenters. The average Bonchev–Trinajstić information content (AvgIpc) is 2.63. The van der Waals surface area contributed by atoms with E-state index < -0.39 is 0 Å². The van der Waals surface area contributed by atoms with E-state index in [2.05, 4.69) is 47.5 Å². The molecule has 2 bridgehead atoms. The third-order valence-electron chi connectivity index (χ3n) is 5.45. The molecular formula is C21H24N2O. The zero-order valence-electron chi connectivity index (χ0n) is 14.2. The van der Waals surface area contributed by atoms with Gasteiger partial charge in [-0.15, -0.1) is 0 Å². The van der Waals surface area contributed by atoms with E-state index in [1.54, 1.807) is 0 Å². The molecule has 3 saturated heterocycles. The molecule has 124 valence electrons. The van der Waals surface area contributed by atoms with Crippen LogP contribution in [0.4, 0.5) is 0 Å². The van der Waals surface area contributed by atoms with Crippen LogP contribution in [-0.4, -0.2) is 36.5 Å². The van der Waals surface area contributed by atoms with Gasteiger partial charge >= 0.3 is 0 Å². The maximum absolute atomic E-state index is 12.7. The van der Waals surface area contributed by atoms with Gasteiger partial charge in [0.05, 0.1) is 0 Å². The first-order valence-corrected chi connectivity index (χ1v) is 8.89. The van der Waals surface area contributed by atoms with Gasteiger partial charge < -0.3 is 10.2 Å². The van der Waals surface area contributed by atoms with E-state index in [9.17, 15) is 4.79 Å². The lowest BCUT2D eigenvalue weighted by Gasteiger charge is -2.44. The summed E-state index contributed by atoms with van der Waals surface area (Å²) in [6.45, 7) is 5.49. The van der Waals surface area contributed by atoms with E-state index in [1.165, 1.54) is 31.5 Å². The predicted molar refractivity (Wildman–Crippen MR) is 97.0 cm³/mol. The minimum absolute atomic E-state index is 0.0586. The predicted octanol–water partition coefficient (Wildman–Crippen LogP) is 3.49. The second-order valence-electron chi connectivity index (χ2n) is 7.17. The van der Waals surface area contributed by atoms with Crippen LogP contribution in [-0.2, 0) is 0 Å². The minimum atomic E-state index is 0.0586. The molecule has 0 aromatic heterocycles. The van der Waals surface area contributed by atoms with Gasteiger partial charge in [-0.05, 0) is 62.0 Å². The standard InChI is InChI=1S/C21H24N2O/c1-15-4-2-5-17(12-15)18-6-3-7-19(13-18)21(24)22-20-14-23-10-8-16(20)9-11-23/h2-7,12-13,16,20H,8-11,14H2,1H3,(H,22,24). The SMILES string of the molecule is Cc1cccc(-c2cccc(C(=O)NC3CN4CCC3CC4)c2)c1. The molecule has 5 rings (SSSR count). The van der Waals surface area contributed by atoms with Crippen molar-refractivity contribution in [2.24, 2.45) is 5.92 Å². The summed E-state index contributed by atoms with van der Waals surface area (Å²) in [4.78, 5) is 15.2. The molecule has 1 unspecified atom stereocenters. The van der Waals surface area contributed by atoms with E-state index >= 15 is 0 Å². The Labute approximate surface area is 143 Å². The number of aryl methyl sites for hydroxylation is 1. The maximum atomic E-state index is 12.7. The largest absolute Gasteiger partial charge is 0.348 e. The molecule has 3 aliphatic heterocycles. The van der Waals surface area contributed by atoms with Crippen LogP contribution in [0.15, 0.2) is 48.5 Å². The van der Waals surface area contributed by atoms with Crippen LogP contribution in [0.3, 0.4) is 0 Å². The average molecular weight is 320 g/mol. The first-order valence-electron chi connectivity index (χ1n) is 8.89. The molecule has 0 aliphatic carbocycles.